The first kappa shape index (κ1) is 13.1. The third-order valence-corrected chi connectivity index (χ3v) is 2.34. The van der Waals surface area contributed by atoms with Gasteiger partial charge < -0.3 is 15.2 Å². The Hall–Kier alpha value is -0.970. The molecule has 90 valence electrons. The summed E-state index contributed by atoms with van der Waals surface area (Å²) >= 11 is 0. The van der Waals surface area contributed by atoms with Crippen molar-refractivity contribution >= 4 is 0 Å². The van der Waals surface area contributed by atoms with Gasteiger partial charge >= 0.3 is 0 Å². The molecular formula is C12H18FNO2. The maximum absolute atomic E-state index is 13.3. The fourth-order valence-electron chi connectivity index (χ4n) is 1.48. The molecule has 2 N–H and O–H groups in total. The number of methoxy groups -OCH3 is 1. The van der Waals surface area contributed by atoms with Crippen LogP contribution in [0.5, 0.6) is 0 Å². The molecule has 0 saturated carbocycles. The van der Waals surface area contributed by atoms with Crippen LogP contribution in [0, 0.1) is 5.82 Å². The summed E-state index contributed by atoms with van der Waals surface area (Å²) in [7, 11) is 1.62. The Bertz CT molecular complexity index is 320. The Labute approximate surface area is 95.2 Å². The normalized spacial score (nSPS) is 14.8. The molecule has 3 nitrogen and oxygen atoms in total. The van der Waals surface area contributed by atoms with Gasteiger partial charge in [-0.1, -0.05) is 18.2 Å². The Kier molecular flexibility index (Phi) is 5.38. The smallest absolute Gasteiger partial charge is 0.129 e. The SMILES string of the molecule is COCC(C)NCC(O)c1ccccc1F. The third-order valence-electron chi connectivity index (χ3n) is 2.34. The minimum atomic E-state index is -0.833. The number of halogens is 1. The molecule has 0 radical (unpaired) electrons. The summed E-state index contributed by atoms with van der Waals surface area (Å²) in [5.74, 6) is -0.379. The molecule has 1 aromatic rings. The average Bonchev–Trinajstić information content (AvgIpc) is 2.27. The summed E-state index contributed by atoms with van der Waals surface area (Å²) in [6, 6.07) is 6.37. The first-order valence-electron chi connectivity index (χ1n) is 5.30. The molecule has 1 aromatic carbocycles. The van der Waals surface area contributed by atoms with E-state index >= 15 is 0 Å². The van der Waals surface area contributed by atoms with Gasteiger partial charge in [0, 0.05) is 25.3 Å². The fraction of sp³-hybridized carbons (Fsp3) is 0.500. The lowest BCUT2D eigenvalue weighted by Gasteiger charge is -2.17. The minimum absolute atomic E-state index is 0.131. The molecule has 0 aliphatic carbocycles. The first-order valence-corrected chi connectivity index (χ1v) is 5.30. The number of hydrogen-bond acceptors (Lipinski definition) is 3. The van der Waals surface area contributed by atoms with Crippen LogP contribution in [0.25, 0.3) is 0 Å². The molecule has 16 heavy (non-hydrogen) atoms. The van der Waals surface area contributed by atoms with Gasteiger partial charge in [-0.3, -0.25) is 0 Å². The summed E-state index contributed by atoms with van der Waals surface area (Å²) in [6.07, 6.45) is -0.833. The maximum atomic E-state index is 13.3. The lowest BCUT2D eigenvalue weighted by atomic mass is 10.1. The molecule has 0 aromatic heterocycles. The number of rotatable bonds is 6. The molecule has 0 fully saturated rings. The zero-order chi connectivity index (χ0) is 12.0. The highest BCUT2D eigenvalue weighted by atomic mass is 19.1. The highest BCUT2D eigenvalue weighted by Gasteiger charge is 2.12. The van der Waals surface area contributed by atoms with Gasteiger partial charge in [0.25, 0.3) is 0 Å². The van der Waals surface area contributed by atoms with Gasteiger partial charge in [0.2, 0.25) is 0 Å². The second-order valence-corrected chi connectivity index (χ2v) is 3.80. The van der Waals surface area contributed by atoms with Gasteiger partial charge in [-0.2, -0.15) is 0 Å². The second-order valence-electron chi connectivity index (χ2n) is 3.80. The van der Waals surface area contributed by atoms with E-state index in [0.29, 0.717) is 18.7 Å². The van der Waals surface area contributed by atoms with E-state index in [1.807, 2.05) is 6.92 Å². The van der Waals surface area contributed by atoms with E-state index in [4.69, 9.17) is 4.74 Å². The predicted octanol–water partition coefficient (Wildman–Crippen LogP) is 1.48. The van der Waals surface area contributed by atoms with Gasteiger partial charge in [0.05, 0.1) is 12.7 Å². The molecule has 4 heteroatoms. The van der Waals surface area contributed by atoms with Crippen LogP contribution in [0.4, 0.5) is 4.39 Å². The molecule has 0 aliphatic heterocycles. The second kappa shape index (κ2) is 6.58. The van der Waals surface area contributed by atoms with Gasteiger partial charge in [-0.25, -0.2) is 4.39 Å². The molecular weight excluding hydrogens is 209 g/mol. The summed E-state index contributed by atoms with van der Waals surface area (Å²) < 4.78 is 18.2. The highest BCUT2D eigenvalue weighted by Crippen LogP contribution is 2.15. The summed E-state index contributed by atoms with van der Waals surface area (Å²) in [5.41, 5.74) is 0.319. The van der Waals surface area contributed by atoms with Crippen molar-refractivity contribution in [3.05, 3.63) is 35.6 Å². The van der Waals surface area contributed by atoms with Crippen molar-refractivity contribution < 1.29 is 14.2 Å². The Balaban J connectivity index is 2.46. The number of ether oxygens (including phenoxy) is 1. The van der Waals surface area contributed by atoms with E-state index in [1.165, 1.54) is 6.07 Å². The van der Waals surface area contributed by atoms with Crippen LogP contribution in [0.1, 0.15) is 18.6 Å². The van der Waals surface area contributed by atoms with Crippen LogP contribution in [0.2, 0.25) is 0 Å². The number of benzene rings is 1. The lowest BCUT2D eigenvalue weighted by molar-refractivity contribution is 0.141. The predicted molar refractivity (Wildman–Crippen MR) is 60.7 cm³/mol. The Morgan fingerprint density at radius 3 is 2.75 bits per heavy atom. The van der Waals surface area contributed by atoms with Crippen LogP contribution in [0.15, 0.2) is 24.3 Å². The van der Waals surface area contributed by atoms with Gasteiger partial charge in [-0.15, -0.1) is 0 Å². The first-order chi connectivity index (χ1) is 7.65. The van der Waals surface area contributed by atoms with E-state index in [2.05, 4.69) is 5.32 Å². The van der Waals surface area contributed by atoms with Crippen molar-refractivity contribution in [2.24, 2.45) is 0 Å². The van der Waals surface area contributed by atoms with Crippen molar-refractivity contribution in [1.82, 2.24) is 5.32 Å². The molecule has 0 bridgehead atoms. The van der Waals surface area contributed by atoms with Gasteiger partial charge in [0.1, 0.15) is 5.82 Å². The fourth-order valence-corrected chi connectivity index (χ4v) is 1.48. The molecule has 0 amide bonds. The van der Waals surface area contributed by atoms with Crippen molar-refractivity contribution in [2.45, 2.75) is 19.1 Å². The third kappa shape index (κ3) is 3.89. The molecule has 0 spiro atoms. The number of nitrogens with one attached hydrogen (secondary N) is 1. The lowest BCUT2D eigenvalue weighted by Crippen LogP contribution is -2.33. The van der Waals surface area contributed by atoms with Crippen LogP contribution in [-0.4, -0.2) is 31.4 Å². The molecule has 0 heterocycles. The van der Waals surface area contributed by atoms with E-state index in [1.54, 1.807) is 25.3 Å². The highest BCUT2D eigenvalue weighted by molar-refractivity contribution is 5.19. The molecule has 0 aliphatic rings. The van der Waals surface area contributed by atoms with Crippen LogP contribution >= 0.6 is 0 Å². The molecule has 0 saturated heterocycles. The number of aliphatic hydroxyl groups is 1. The number of aliphatic hydroxyl groups excluding tert-OH is 1. The Morgan fingerprint density at radius 1 is 1.44 bits per heavy atom. The molecule has 2 atom stereocenters. The van der Waals surface area contributed by atoms with Crippen molar-refractivity contribution in [3.8, 4) is 0 Å². The van der Waals surface area contributed by atoms with Crippen LogP contribution in [-0.2, 0) is 4.74 Å². The number of hydrogen-bond donors (Lipinski definition) is 2. The van der Waals surface area contributed by atoms with Gasteiger partial charge in [-0.05, 0) is 13.0 Å². The van der Waals surface area contributed by atoms with Crippen molar-refractivity contribution in [3.63, 3.8) is 0 Å². The molecule has 2 unspecified atom stereocenters. The van der Waals surface area contributed by atoms with Crippen LogP contribution in [0.3, 0.4) is 0 Å². The van der Waals surface area contributed by atoms with Crippen LogP contribution < -0.4 is 5.32 Å². The zero-order valence-electron chi connectivity index (χ0n) is 9.61. The summed E-state index contributed by atoms with van der Waals surface area (Å²) in [6.45, 7) is 2.81. The monoisotopic (exact) mass is 227 g/mol. The standard InChI is InChI=1S/C12H18FNO2/c1-9(8-16-2)14-7-12(15)10-5-3-4-6-11(10)13/h3-6,9,12,14-15H,7-8H2,1-2H3. The maximum Gasteiger partial charge on any atom is 0.129 e. The largest absolute Gasteiger partial charge is 0.387 e. The topological polar surface area (TPSA) is 41.5 Å². The zero-order valence-corrected chi connectivity index (χ0v) is 9.61. The summed E-state index contributed by atoms with van der Waals surface area (Å²) in [5, 5.41) is 12.8. The molecule has 1 rings (SSSR count). The minimum Gasteiger partial charge on any atom is -0.387 e. The van der Waals surface area contributed by atoms with Crippen molar-refractivity contribution in [2.75, 3.05) is 20.3 Å². The summed E-state index contributed by atoms with van der Waals surface area (Å²) in [4.78, 5) is 0. The van der Waals surface area contributed by atoms with E-state index in [9.17, 15) is 9.50 Å². The van der Waals surface area contributed by atoms with E-state index in [-0.39, 0.29) is 11.9 Å². The van der Waals surface area contributed by atoms with Gasteiger partial charge in [0.15, 0.2) is 0 Å². The quantitative estimate of drug-likeness (QED) is 0.773. The van der Waals surface area contributed by atoms with E-state index in [0.717, 1.165) is 0 Å². The van der Waals surface area contributed by atoms with Crippen molar-refractivity contribution in [1.29, 1.82) is 0 Å². The Morgan fingerprint density at radius 2 is 2.12 bits per heavy atom. The van der Waals surface area contributed by atoms with E-state index < -0.39 is 6.10 Å². The average molecular weight is 227 g/mol.